The van der Waals surface area contributed by atoms with Crippen LogP contribution in [-0.2, 0) is 0 Å². The molecule has 0 radical (unpaired) electrons. The minimum Gasteiger partial charge on any atom is -0.495 e. The second-order valence-corrected chi connectivity index (χ2v) is 19.8. The first-order valence-corrected chi connectivity index (χ1v) is 24.7. The number of nitrogens with one attached hydrogen (secondary N) is 3. The molecule has 3 aromatic carbocycles. The van der Waals surface area contributed by atoms with Gasteiger partial charge >= 0.3 is 12.1 Å². The van der Waals surface area contributed by atoms with Gasteiger partial charge < -0.3 is 44.7 Å². The predicted molar refractivity (Wildman–Crippen MR) is 281 cm³/mol. The van der Waals surface area contributed by atoms with Crippen LogP contribution in [0.4, 0.5) is 30.0 Å². The van der Waals surface area contributed by atoms with E-state index in [1.165, 1.54) is 30.9 Å². The molecule has 0 saturated carbocycles. The number of carbonyl (C=O) groups excluding carboxylic acids is 2. The van der Waals surface area contributed by atoms with Crippen LogP contribution in [0.2, 0.25) is 5.02 Å². The number of H-pyrrole nitrogens is 1. The standard InChI is InChI=1S/C54H56ClF2N13O4/c1-31-27-66(18-20-68(31)52(71)63-33(3)36-10-14-41(55)46(23-36)73-6)50-40-26-44(34-8-12-38(56)13-9-34)70(51(40)62-30-61-50)45-22-35(11-15-42(45)57)32(2)64-53(72)69-21-19-67(28-54(69,4)5)49-39-25-43(65-48(39)59-29-60-49)37-16-17-58-47(24-37)74-7/h8-17,22-26,29-33H,18-21,27-28H2,1-7H3,(H,63,71)(H,64,72)(H,59,60,65)/t31-,32+,33+/m1/s1. The number of hydrogen-bond donors (Lipinski definition) is 3. The van der Waals surface area contributed by atoms with Crippen molar-refractivity contribution < 1.29 is 27.8 Å². The van der Waals surface area contributed by atoms with E-state index in [0.717, 1.165) is 28.0 Å². The van der Waals surface area contributed by atoms with Gasteiger partial charge in [0.2, 0.25) is 5.88 Å². The number of amides is 4. The van der Waals surface area contributed by atoms with E-state index >= 15 is 4.39 Å². The van der Waals surface area contributed by atoms with Crippen molar-refractivity contribution in [3.8, 4) is 39.8 Å². The van der Waals surface area contributed by atoms with Gasteiger partial charge in [-0.2, -0.15) is 0 Å². The molecule has 2 fully saturated rings. The van der Waals surface area contributed by atoms with Crippen LogP contribution in [0.3, 0.4) is 0 Å². The fourth-order valence-corrected chi connectivity index (χ4v) is 10.3. The summed E-state index contributed by atoms with van der Waals surface area (Å²) >= 11 is 6.25. The van der Waals surface area contributed by atoms with Crippen LogP contribution < -0.4 is 29.9 Å². The molecule has 7 heterocycles. The molecule has 4 amide bonds. The van der Waals surface area contributed by atoms with Crippen molar-refractivity contribution in [2.75, 3.05) is 63.3 Å². The molecule has 2 aliphatic rings. The molecule has 3 atom stereocenters. The van der Waals surface area contributed by atoms with Gasteiger partial charge in [-0.15, -0.1) is 0 Å². The first-order chi connectivity index (χ1) is 35.6. The molecule has 0 spiro atoms. The van der Waals surface area contributed by atoms with Crippen LogP contribution >= 0.6 is 11.6 Å². The molecule has 5 aromatic heterocycles. The summed E-state index contributed by atoms with van der Waals surface area (Å²) in [6.45, 7) is 12.5. The maximum atomic E-state index is 16.5. The third-order valence-electron chi connectivity index (χ3n) is 14.1. The number of rotatable bonds is 11. The highest BCUT2D eigenvalue weighted by atomic mass is 35.5. The zero-order chi connectivity index (χ0) is 52.0. The number of fused-ring (bicyclic) bond motifs is 2. The number of urea groups is 2. The van der Waals surface area contributed by atoms with Crippen LogP contribution in [-0.4, -0.2) is 121 Å². The number of piperazine rings is 2. The Morgan fingerprint density at radius 1 is 0.757 bits per heavy atom. The Morgan fingerprint density at radius 3 is 2.19 bits per heavy atom. The lowest BCUT2D eigenvalue weighted by Crippen LogP contribution is -2.63. The van der Waals surface area contributed by atoms with E-state index in [-0.39, 0.29) is 29.8 Å². The van der Waals surface area contributed by atoms with Crippen LogP contribution in [0, 0.1) is 11.6 Å². The van der Waals surface area contributed by atoms with Crippen molar-refractivity contribution in [3.63, 3.8) is 0 Å². The number of methoxy groups -OCH3 is 2. The highest BCUT2D eigenvalue weighted by Gasteiger charge is 2.39. The number of hydrogen-bond acceptors (Lipinski definition) is 11. The monoisotopic (exact) mass is 1020 g/mol. The van der Waals surface area contributed by atoms with E-state index in [4.69, 9.17) is 36.0 Å². The molecule has 0 unspecified atom stereocenters. The molecule has 3 N–H and O–H groups in total. The van der Waals surface area contributed by atoms with E-state index in [9.17, 15) is 14.0 Å². The Hall–Kier alpha value is -8.06. The van der Waals surface area contributed by atoms with E-state index in [1.54, 1.807) is 60.2 Å². The third-order valence-corrected chi connectivity index (χ3v) is 14.4. The molecule has 2 saturated heterocycles. The molecule has 17 nitrogen and oxygen atoms in total. The van der Waals surface area contributed by atoms with Crippen molar-refractivity contribution in [3.05, 3.63) is 132 Å². The van der Waals surface area contributed by atoms with Crippen molar-refractivity contribution in [1.82, 2.24) is 54.9 Å². The summed E-state index contributed by atoms with van der Waals surface area (Å²) in [5.41, 5.74) is 5.10. The zero-order valence-electron chi connectivity index (χ0n) is 42.0. The molecule has 2 aliphatic heterocycles. The van der Waals surface area contributed by atoms with Gasteiger partial charge in [0.05, 0.1) is 59.0 Å². The Labute approximate surface area is 431 Å². The molecule has 10 rings (SSSR count). The minimum absolute atomic E-state index is 0.186. The largest absolute Gasteiger partial charge is 0.495 e. The van der Waals surface area contributed by atoms with Gasteiger partial charge in [0.25, 0.3) is 0 Å². The summed E-state index contributed by atoms with van der Waals surface area (Å²) in [5, 5.41) is 8.28. The fourth-order valence-electron chi connectivity index (χ4n) is 10.1. The van der Waals surface area contributed by atoms with E-state index in [2.05, 4.69) is 35.4 Å². The highest BCUT2D eigenvalue weighted by molar-refractivity contribution is 6.32. The van der Waals surface area contributed by atoms with Crippen molar-refractivity contribution in [1.29, 1.82) is 0 Å². The molecule has 8 aromatic rings. The molecule has 382 valence electrons. The van der Waals surface area contributed by atoms with Gasteiger partial charge in [-0.3, -0.25) is 4.57 Å². The Bertz CT molecular complexity index is 3410. The molecule has 74 heavy (non-hydrogen) atoms. The fraction of sp³-hybridized carbons (Fsp3) is 0.315. The summed E-state index contributed by atoms with van der Waals surface area (Å²) in [6.07, 6.45) is 4.68. The molecule has 0 bridgehead atoms. The number of aromatic amines is 1. The molecular weight excluding hydrogens is 968 g/mol. The predicted octanol–water partition coefficient (Wildman–Crippen LogP) is 9.72. The lowest BCUT2D eigenvalue weighted by molar-refractivity contribution is 0.121. The quantitative estimate of drug-likeness (QED) is 0.113. The zero-order valence-corrected chi connectivity index (χ0v) is 42.8. The molecule has 20 heteroatoms. The second-order valence-electron chi connectivity index (χ2n) is 19.4. The highest BCUT2D eigenvalue weighted by Crippen LogP contribution is 2.38. The summed E-state index contributed by atoms with van der Waals surface area (Å²) < 4.78 is 43.3. The van der Waals surface area contributed by atoms with Gasteiger partial charge in [-0.1, -0.05) is 23.7 Å². The molecule has 0 aliphatic carbocycles. The Kier molecular flexibility index (Phi) is 13.4. The van der Waals surface area contributed by atoms with Gasteiger partial charge in [-0.05, 0) is 118 Å². The van der Waals surface area contributed by atoms with Crippen LogP contribution in [0.1, 0.15) is 57.8 Å². The van der Waals surface area contributed by atoms with Crippen molar-refractivity contribution >= 4 is 57.4 Å². The average molecular weight is 1020 g/mol. The summed E-state index contributed by atoms with van der Waals surface area (Å²) in [6, 6.07) is 22.3. The third kappa shape index (κ3) is 9.54. The Morgan fingerprint density at radius 2 is 1.46 bits per heavy atom. The lowest BCUT2D eigenvalue weighted by Gasteiger charge is -2.47. The van der Waals surface area contributed by atoms with Crippen molar-refractivity contribution in [2.24, 2.45) is 0 Å². The maximum Gasteiger partial charge on any atom is 0.318 e. The van der Waals surface area contributed by atoms with Crippen LogP contribution in [0.5, 0.6) is 11.6 Å². The maximum absolute atomic E-state index is 16.5. The number of aromatic nitrogens is 7. The minimum atomic E-state index is -0.626. The number of benzene rings is 3. The van der Waals surface area contributed by atoms with Gasteiger partial charge in [0.1, 0.15) is 47.3 Å². The number of nitrogens with zero attached hydrogens (tertiary/aromatic N) is 10. The first-order valence-electron chi connectivity index (χ1n) is 24.4. The smallest absolute Gasteiger partial charge is 0.318 e. The first kappa shape index (κ1) is 49.5. The number of carbonyl (C=O) groups is 2. The topological polar surface area (TPSA) is 175 Å². The van der Waals surface area contributed by atoms with Gasteiger partial charge in [-0.25, -0.2) is 43.3 Å². The summed E-state index contributed by atoms with van der Waals surface area (Å²) in [5.74, 6) is 1.45. The Balaban J connectivity index is 0.877. The normalized spacial score (nSPS) is 16.6. The van der Waals surface area contributed by atoms with Gasteiger partial charge in [0.15, 0.2) is 5.65 Å². The van der Waals surface area contributed by atoms with Crippen molar-refractivity contribution in [2.45, 2.75) is 58.3 Å². The summed E-state index contributed by atoms with van der Waals surface area (Å²) in [7, 11) is 3.13. The number of pyridine rings is 1. The van der Waals surface area contributed by atoms with Gasteiger partial charge in [0, 0.05) is 68.8 Å². The lowest BCUT2D eigenvalue weighted by atomic mass is 9.98. The number of halogens is 3. The number of ether oxygens (including phenoxy) is 2. The van der Waals surface area contributed by atoms with E-state index < -0.39 is 23.2 Å². The van der Waals surface area contributed by atoms with E-state index in [1.807, 2.05) is 75.9 Å². The van der Waals surface area contributed by atoms with E-state index in [0.29, 0.717) is 95.2 Å². The molecular formula is C54H56ClF2N13O4. The number of anilines is 2. The SMILES string of the molecule is COc1cc(-c2cc3c(N4CCN(C(=O)N[C@@H](C)c5ccc(F)c(-n6c(-c7ccc(F)cc7)cc7c(N8CCN(C(=O)N[C@@H](C)c9ccc(Cl)c(OC)c9)[C@H](C)C8)ncnc76)c5)C(C)(C)C4)ncnc3[nH]2)ccn1. The summed E-state index contributed by atoms with van der Waals surface area (Å²) in [4.78, 5) is 62.2. The van der Waals surface area contributed by atoms with Crippen LogP contribution in [0.25, 0.3) is 50.3 Å². The second kappa shape index (κ2) is 20.1. The average Bonchev–Trinajstić information content (AvgIpc) is 4.02. The van der Waals surface area contributed by atoms with Crippen LogP contribution in [0.15, 0.2) is 104 Å².